The number of thiazole rings is 1. The molecule has 24 heavy (non-hydrogen) atoms. The molecular formula is C17H15N3O2S2. The Morgan fingerprint density at radius 2 is 1.96 bits per heavy atom. The van der Waals surface area contributed by atoms with Crippen molar-refractivity contribution in [2.24, 2.45) is 4.99 Å². The number of benzene rings is 2. The number of anilines is 1. The third-order valence-corrected chi connectivity index (χ3v) is 5.38. The lowest BCUT2D eigenvalue weighted by atomic mass is 10.1. The normalized spacial score (nSPS) is 11.7. The van der Waals surface area contributed by atoms with E-state index in [-0.39, 0.29) is 4.90 Å². The minimum Gasteiger partial charge on any atom is -0.256 e. The zero-order valence-electron chi connectivity index (χ0n) is 12.9. The Morgan fingerprint density at radius 1 is 1.17 bits per heavy atom. The van der Waals surface area contributed by atoms with Crippen LogP contribution in [0.15, 0.2) is 70.0 Å². The lowest BCUT2D eigenvalue weighted by Gasteiger charge is -2.05. The van der Waals surface area contributed by atoms with E-state index >= 15 is 0 Å². The highest BCUT2D eigenvalue weighted by atomic mass is 32.2. The van der Waals surface area contributed by atoms with Crippen LogP contribution in [-0.2, 0) is 10.0 Å². The minimum atomic E-state index is -3.63. The molecule has 0 aliphatic carbocycles. The molecular weight excluding hydrogens is 342 g/mol. The van der Waals surface area contributed by atoms with E-state index in [0.717, 1.165) is 11.1 Å². The molecule has 3 aromatic rings. The molecule has 0 atom stereocenters. The van der Waals surface area contributed by atoms with Gasteiger partial charge in [0.2, 0.25) is 0 Å². The molecule has 0 radical (unpaired) electrons. The number of sulfonamides is 1. The van der Waals surface area contributed by atoms with Gasteiger partial charge in [-0.25, -0.2) is 13.4 Å². The quantitative estimate of drug-likeness (QED) is 0.702. The van der Waals surface area contributed by atoms with Crippen molar-refractivity contribution in [3.05, 3.63) is 71.2 Å². The summed E-state index contributed by atoms with van der Waals surface area (Å²) in [6, 6.07) is 14.4. The predicted octanol–water partition coefficient (Wildman–Crippen LogP) is 4.00. The van der Waals surface area contributed by atoms with E-state index in [1.165, 1.54) is 23.5 Å². The van der Waals surface area contributed by atoms with Crippen LogP contribution in [0.5, 0.6) is 0 Å². The summed E-state index contributed by atoms with van der Waals surface area (Å²) in [5.41, 5.74) is 2.84. The van der Waals surface area contributed by atoms with Gasteiger partial charge in [0.25, 0.3) is 10.0 Å². The van der Waals surface area contributed by atoms with Crippen LogP contribution in [-0.4, -0.2) is 19.6 Å². The maximum Gasteiger partial charge on any atom is 0.263 e. The van der Waals surface area contributed by atoms with Gasteiger partial charge in [0, 0.05) is 17.8 Å². The van der Waals surface area contributed by atoms with E-state index in [2.05, 4.69) is 14.7 Å². The largest absolute Gasteiger partial charge is 0.263 e. The van der Waals surface area contributed by atoms with Crippen LogP contribution >= 0.6 is 11.3 Å². The minimum absolute atomic E-state index is 0.173. The molecule has 122 valence electrons. The summed E-state index contributed by atoms with van der Waals surface area (Å²) >= 11 is 1.23. The Kier molecular flexibility index (Phi) is 4.73. The molecule has 7 heteroatoms. The van der Waals surface area contributed by atoms with E-state index < -0.39 is 10.0 Å². The SMILES string of the molecule is Cc1cccc(C=Nc2ccc(S(=O)(=O)Nc3nccs3)cc2)c1. The summed E-state index contributed by atoms with van der Waals surface area (Å²) in [5, 5.41) is 2.05. The van der Waals surface area contributed by atoms with Gasteiger partial charge < -0.3 is 0 Å². The number of aryl methyl sites for hydroxylation is 1. The number of nitrogens with zero attached hydrogens (tertiary/aromatic N) is 2. The average Bonchev–Trinajstić information content (AvgIpc) is 3.06. The number of aliphatic imine (C=N–C) groups is 1. The first-order chi connectivity index (χ1) is 11.5. The summed E-state index contributed by atoms with van der Waals surface area (Å²) in [7, 11) is -3.63. The van der Waals surface area contributed by atoms with Crippen molar-refractivity contribution in [2.75, 3.05) is 4.72 Å². The number of hydrogen-bond donors (Lipinski definition) is 1. The zero-order valence-corrected chi connectivity index (χ0v) is 14.5. The van der Waals surface area contributed by atoms with Crippen LogP contribution in [0.4, 0.5) is 10.8 Å². The van der Waals surface area contributed by atoms with Crippen molar-refractivity contribution in [3.8, 4) is 0 Å². The Bertz CT molecular complexity index is 948. The first-order valence-electron chi connectivity index (χ1n) is 7.16. The van der Waals surface area contributed by atoms with E-state index in [1.807, 2.05) is 31.2 Å². The van der Waals surface area contributed by atoms with Gasteiger partial charge in [-0.1, -0.05) is 29.8 Å². The van der Waals surface area contributed by atoms with Gasteiger partial charge in [0.05, 0.1) is 10.6 Å². The molecule has 0 saturated heterocycles. The molecule has 1 N–H and O–H groups in total. The number of nitrogens with one attached hydrogen (secondary N) is 1. The Labute approximate surface area is 144 Å². The van der Waals surface area contributed by atoms with E-state index in [9.17, 15) is 8.42 Å². The Morgan fingerprint density at radius 3 is 2.62 bits per heavy atom. The van der Waals surface area contributed by atoms with Crippen molar-refractivity contribution >= 4 is 38.4 Å². The summed E-state index contributed by atoms with van der Waals surface area (Å²) in [6.07, 6.45) is 3.30. The summed E-state index contributed by atoms with van der Waals surface area (Å²) < 4.78 is 26.9. The third kappa shape index (κ3) is 4.06. The molecule has 0 fully saturated rings. The predicted molar refractivity (Wildman–Crippen MR) is 97.8 cm³/mol. The van der Waals surface area contributed by atoms with Gasteiger partial charge >= 0.3 is 0 Å². The van der Waals surface area contributed by atoms with Crippen molar-refractivity contribution < 1.29 is 8.42 Å². The fourth-order valence-corrected chi connectivity index (χ4v) is 3.85. The van der Waals surface area contributed by atoms with E-state index in [0.29, 0.717) is 10.8 Å². The standard InChI is InChI=1S/C17H15N3O2S2/c1-13-3-2-4-14(11-13)12-19-15-5-7-16(8-6-15)24(21,22)20-17-18-9-10-23-17/h2-12H,1H3,(H,18,20). The summed E-state index contributed by atoms with van der Waals surface area (Å²) in [6.45, 7) is 2.02. The maximum absolute atomic E-state index is 12.2. The molecule has 0 aliphatic rings. The molecule has 1 heterocycles. The smallest absolute Gasteiger partial charge is 0.256 e. The first kappa shape index (κ1) is 16.4. The molecule has 1 aromatic heterocycles. The second kappa shape index (κ2) is 6.94. The van der Waals surface area contributed by atoms with Crippen molar-refractivity contribution in [1.82, 2.24) is 4.98 Å². The monoisotopic (exact) mass is 357 g/mol. The fraction of sp³-hybridized carbons (Fsp3) is 0.0588. The number of aromatic nitrogens is 1. The summed E-state index contributed by atoms with van der Waals surface area (Å²) in [4.78, 5) is 8.46. The van der Waals surface area contributed by atoms with Crippen LogP contribution in [0, 0.1) is 6.92 Å². The highest BCUT2D eigenvalue weighted by molar-refractivity contribution is 7.93. The van der Waals surface area contributed by atoms with Crippen LogP contribution < -0.4 is 4.72 Å². The molecule has 0 amide bonds. The molecule has 2 aromatic carbocycles. The van der Waals surface area contributed by atoms with Gasteiger partial charge in [0.15, 0.2) is 5.13 Å². The highest BCUT2D eigenvalue weighted by Crippen LogP contribution is 2.20. The van der Waals surface area contributed by atoms with Crippen LogP contribution in [0.2, 0.25) is 0 Å². The van der Waals surface area contributed by atoms with Gasteiger partial charge in [-0.05, 0) is 36.8 Å². The maximum atomic E-state index is 12.2. The number of hydrogen-bond acceptors (Lipinski definition) is 5. The Balaban J connectivity index is 1.75. The fourth-order valence-electron chi connectivity index (χ4n) is 2.06. The molecule has 5 nitrogen and oxygen atoms in total. The number of rotatable bonds is 5. The average molecular weight is 357 g/mol. The lowest BCUT2D eigenvalue weighted by molar-refractivity contribution is 0.601. The van der Waals surface area contributed by atoms with Crippen molar-refractivity contribution in [1.29, 1.82) is 0 Å². The van der Waals surface area contributed by atoms with Crippen LogP contribution in [0.1, 0.15) is 11.1 Å². The van der Waals surface area contributed by atoms with Crippen LogP contribution in [0.25, 0.3) is 0 Å². The molecule has 0 aliphatic heterocycles. The zero-order chi connectivity index (χ0) is 17.0. The van der Waals surface area contributed by atoms with Crippen LogP contribution in [0.3, 0.4) is 0 Å². The summed E-state index contributed by atoms with van der Waals surface area (Å²) in [5.74, 6) is 0. The molecule has 0 bridgehead atoms. The van der Waals surface area contributed by atoms with Gasteiger partial charge in [-0.3, -0.25) is 9.71 Å². The van der Waals surface area contributed by atoms with Gasteiger partial charge in [-0.15, -0.1) is 11.3 Å². The van der Waals surface area contributed by atoms with Gasteiger partial charge in [0.1, 0.15) is 0 Å². The van der Waals surface area contributed by atoms with Crippen molar-refractivity contribution in [2.45, 2.75) is 11.8 Å². The topological polar surface area (TPSA) is 71.4 Å². The highest BCUT2D eigenvalue weighted by Gasteiger charge is 2.14. The first-order valence-corrected chi connectivity index (χ1v) is 9.52. The van der Waals surface area contributed by atoms with Crippen molar-refractivity contribution in [3.63, 3.8) is 0 Å². The lowest BCUT2D eigenvalue weighted by Crippen LogP contribution is -2.12. The second-order valence-electron chi connectivity index (χ2n) is 5.11. The molecule has 0 saturated carbocycles. The third-order valence-electron chi connectivity index (χ3n) is 3.21. The van der Waals surface area contributed by atoms with E-state index in [4.69, 9.17) is 0 Å². The molecule has 3 rings (SSSR count). The molecule has 0 spiro atoms. The van der Waals surface area contributed by atoms with Gasteiger partial charge in [-0.2, -0.15) is 0 Å². The van der Waals surface area contributed by atoms with E-state index in [1.54, 1.807) is 29.9 Å². The Hall–Kier alpha value is -2.51. The molecule has 0 unspecified atom stereocenters. The second-order valence-corrected chi connectivity index (χ2v) is 7.69.